The molecule has 1 aliphatic rings. The molecule has 1 fully saturated rings. The van der Waals surface area contributed by atoms with Gasteiger partial charge in [0.2, 0.25) is 11.8 Å². The van der Waals surface area contributed by atoms with Crippen LogP contribution in [0.15, 0.2) is 55.8 Å². The number of rotatable bonds is 7. The highest BCUT2D eigenvalue weighted by molar-refractivity contribution is 7.18. The number of carbonyl (C=O) groups excluding carboxylic acids is 2. The molecule has 5 heterocycles. The molecular formula is C24H23FN8O2S. The zero-order valence-corrected chi connectivity index (χ0v) is 20.2. The topological polar surface area (TPSA) is 132 Å². The van der Waals surface area contributed by atoms with Crippen LogP contribution < -0.4 is 11.1 Å². The van der Waals surface area contributed by atoms with E-state index in [0.29, 0.717) is 40.7 Å². The van der Waals surface area contributed by atoms with E-state index in [1.165, 1.54) is 40.6 Å². The lowest BCUT2D eigenvalue weighted by molar-refractivity contribution is -0.142. The van der Waals surface area contributed by atoms with Crippen LogP contribution in [0.1, 0.15) is 25.8 Å². The van der Waals surface area contributed by atoms with Crippen LogP contribution in [0.2, 0.25) is 0 Å². The normalized spacial score (nSPS) is 19.5. The minimum absolute atomic E-state index is 0.228. The monoisotopic (exact) mass is 506 g/mol. The van der Waals surface area contributed by atoms with Gasteiger partial charge in [0.05, 0.1) is 29.0 Å². The molecule has 2 unspecified atom stereocenters. The number of nitrogens with one attached hydrogen (secondary N) is 1. The summed E-state index contributed by atoms with van der Waals surface area (Å²) in [7, 11) is 0. The van der Waals surface area contributed by atoms with Crippen molar-refractivity contribution in [1.82, 2.24) is 29.4 Å². The Morgan fingerprint density at radius 1 is 1.33 bits per heavy atom. The highest BCUT2D eigenvalue weighted by atomic mass is 32.1. The Labute approximate surface area is 209 Å². The number of anilines is 2. The second-order valence-corrected chi connectivity index (χ2v) is 9.37. The molecule has 4 aromatic rings. The summed E-state index contributed by atoms with van der Waals surface area (Å²) in [5.41, 5.74) is 6.25. The van der Waals surface area contributed by atoms with Gasteiger partial charge in [0.15, 0.2) is 5.13 Å². The summed E-state index contributed by atoms with van der Waals surface area (Å²) in [6, 6.07) is 4.26. The summed E-state index contributed by atoms with van der Waals surface area (Å²) in [5.74, 6) is -0.847. The van der Waals surface area contributed by atoms with Crippen molar-refractivity contribution in [2.24, 2.45) is 5.73 Å². The minimum Gasteiger partial charge on any atom is -0.368 e. The third-order valence-corrected chi connectivity index (χ3v) is 7.51. The van der Waals surface area contributed by atoms with Crippen LogP contribution in [-0.2, 0) is 9.59 Å². The number of nitrogens with two attached hydrogens (primary N) is 1. The van der Waals surface area contributed by atoms with Crippen molar-refractivity contribution in [2.75, 3.05) is 11.9 Å². The van der Waals surface area contributed by atoms with Crippen molar-refractivity contribution in [3.63, 3.8) is 0 Å². The van der Waals surface area contributed by atoms with Crippen LogP contribution in [-0.4, -0.2) is 53.3 Å². The Kier molecular flexibility index (Phi) is 5.96. The second-order valence-electron chi connectivity index (χ2n) is 8.34. The maximum atomic E-state index is 14.1. The van der Waals surface area contributed by atoms with E-state index in [0.717, 1.165) is 5.52 Å². The number of amides is 2. The van der Waals surface area contributed by atoms with Gasteiger partial charge in [-0.05, 0) is 31.1 Å². The van der Waals surface area contributed by atoms with Crippen LogP contribution in [0.5, 0.6) is 0 Å². The third kappa shape index (κ3) is 3.70. The van der Waals surface area contributed by atoms with Gasteiger partial charge in [-0.1, -0.05) is 24.8 Å². The molecule has 36 heavy (non-hydrogen) atoms. The number of primary amides is 1. The number of halogens is 1. The van der Waals surface area contributed by atoms with Gasteiger partial charge >= 0.3 is 0 Å². The van der Waals surface area contributed by atoms with E-state index < -0.39 is 23.3 Å². The lowest BCUT2D eigenvalue weighted by Crippen LogP contribution is -2.58. The molecule has 1 aliphatic heterocycles. The molecule has 4 aromatic heterocycles. The standard InChI is InChI=1S/C24H23FN8O2S/c1-3-20(34)33-9-7-18(24(33,4-2)22(26)35)32-13-30-15-11-28-19(10-16(15)32)31-23-29-12-17(36-23)21-14(25)6-5-8-27-21/h3,5-6,8,10-13,18H,1,4,7,9H2,2H3,(H2,26,35)(H,28,29,31). The van der Waals surface area contributed by atoms with E-state index >= 15 is 0 Å². The SMILES string of the molecule is C=CC(=O)N1CCC(n2cnc3cnc(Nc4ncc(-c5ncccc5F)s4)cc32)C1(CC)C(N)=O. The molecule has 2 amide bonds. The largest absolute Gasteiger partial charge is 0.368 e. The molecule has 0 spiro atoms. The number of hydrogen-bond acceptors (Lipinski definition) is 8. The molecule has 3 N–H and O–H groups in total. The lowest BCUT2D eigenvalue weighted by Gasteiger charge is -2.39. The third-order valence-electron chi connectivity index (χ3n) is 6.59. The lowest BCUT2D eigenvalue weighted by atomic mass is 9.86. The molecule has 0 radical (unpaired) electrons. The van der Waals surface area contributed by atoms with Crippen LogP contribution >= 0.6 is 11.3 Å². The fourth-order valence-electron chi connectivity index (χ4n) is 4.92. The molecule has 10 nitrogen and oxygen atoms in total. The summed E-state index contributed by atoms with van der Waals surface area (Å²) in [6.07, 6.45) is 8.39. The molecule has 1 saturated heterocycles. The molecule has 0 saturated carbocycles. The summed E-state index contributed by atoms with van der Waals surface area (Å²) < 4.78 is 16.0. The molecule has 184 valence electrons. The predicted molar refractivity (Wildman–Crippen MR) is 134 cm³/mol. The van der Waals surface area contributed by atoms with Gasteiger partial charge < -0.3 is 20.5 Å². The Bertz CT molecular complexity index is 1480. The number of pyridine rings is 2. The van der Waals surface area contributed by atoms with Crippen LogP contribution in [0, 0.1) is 5.82 Å². The van der Waals surface area contributed by atoms with Crippen molar-refractivity contribution >= 4 is 45.1 Å². The Morgan fingerprint density at radius 3 is 2.89 bits per heavy atom. The highest BCUT2D eigenvalue weighted by Gasteiger charge is 2.54. The Balaban J connectivity index is 1.49. The van der Waals surface area contributed by atoms with E-state index in [1.807, 2.05) is 11.5 Å². The van der Waals surface area contributed by atoms with Crippen LogP contribution in [0.4, 0.5) is 15.3 Å². The quantitative estimate of drug-likeness (QED) is 0.367. The molecule has 0 aromatic carbocycles. The van der Waals surface area contributed by atoms with E-state index in [1.54, 1.807) is 24.8 Å². The van der Waals surface area contributed by atoms with Gasteiger partial charge in [0, 0.05) is 25.0 Å². The number of hydrogen-bond donors (Lipinski definition) is 2. The van der Waals surface area contributed by atoms with Crippen molar-refractivity contribution in [1.29, 1.82) is 0 Å². The second kappa shape index (κ2) is 9.11. The maximum absolute atomic E-state index is 14.1. The molecule has 5 rings (SSSR count). The summed E-state index contributed by atoms with van der Waals surface area (Å²) in [6.45, 7) is 5.78. The minimum atomic E-state index is -1.22. The van der Waals surface area contributed by atoms with Crippen LogP contribution in [0.3, 0.4) is 0 Å². The smallest absolute Gasteiger partial charge is 0.246 e. The Morgan fingerprint density at radius 2 is 2.17 bits per heavy atom. The van der Waals surface area contributed by atoms with Crippen LogP contribution in [0.25, 0.3) is 21.6 Å². The predicted octanol–water partition coefficient (Wildman–Crippen LogP) is 3.43. The zero-order chi connectivity index (χ0) is 25.4. The fraction of sp³-hybridized carbons (Fsp3) is 0.250. The van der Waals surface area contributed by atoms with E-state index in [9.17, 15) is 14.0 Å². The summed E-state index contributed by atoms with van der Waals surface area (Å²) in [4.78, 5) is 44.7. The number of likely N-dealkylation sites (tertiary alicyclic amines) is 1. The number of nitrogens with zero attached hydrogens (tertiary/aromatic N) is 6. The highest BCUT2D eigenvalue weighted by Crippen LogP contribution is 2.43. The number of imidazole rings is 1. The molecule has 0 bridgehead atoms. The molecule has 2 atom stereocenters. The Hall–Kier alpha value is -4.19. The summed E-state index contributed by atoms with van der Waals surface area (Å²) >= 11 is 1.24. The van der Waals surface area contributed by atoms with E-state index in [-0.39, 0.29) is 11.6 Å². The number of carbonyl (C=O) groups is 2. The first kappa shape index (κ1) is 23.5. The van der Waals surface area contributed by atoms with Gasteiger partial charge in [-0.3, -0.25) is 14.6 Å². The van der Waals surface area contributed by atoms with Gasteiger partial charge in [-0.15, -0.1) is 0 Å². The molecule has 12 heteroatoms. The first-order valence-electron chi connectivity index (χ1n) is 11.3. The van der Waals surface area contributed by atoms with Gasteiger partial charge in [0.1, 0.15) is 28.4 Å². The van der Waals surface area contributed by atoms with E-state index in [4.69, 9.17) is 5.73 Å². The zero-order valence-electron chi connectivity index (χ0n) is 19.4. The number of fused-ring (bicyclic) bond motifs is 1. The average molecular weight is 507 g/mol. The van der Waals surface area contributed by atoms with Gasteiger partial charge in [-0.25, -0.2) is 19.3 Å². The van der Waals surface area contributed by atoms with Crippen molar-refractivity contribution in [3.05, 3.63) is 61.6 Å². The van der Waals surface area contributed by atoms with Gasteiger partial charge in [-0.2, -0.15) is 0 Å². The first-order chi connectivity index (χ1) is 17.4. The molecular weight excluding hydrogens is 483 g/mol. The number of aromatic nitrogens is 5. The van der Waals surface area contributed by atoms with Crippen molar-refractivity contribution in [2.45, 2.75) is 31.3 Å². The average Bonchev–Trinajstić information content (AvgIpc) is 3.60. The van der Waals surface area contributed by atoms with E-state index in [2.05, 4.69) is 31.8 Å². The van der Waals surface area contributed by atoms with Gasteiger partial charge in [0.25, 0.3) is 0 Å². The first-order valence-corrected chi connectivity index (χ1v) is 12.1. The van der Waals surface area contributed by atoms with Crippen molar-refractivity contribution in [3.8, 4) is 10.6 Å². The summed E-state index contributed by atoms with van der Waals surface area (Å²) in [5, 5.41) is 3.65. The fourth-order valence-corrected chi connectivity index (χ4v) is 5.74. The van der Waals surface area contributed by atoms with Crippen molar-refractivity contribution < 1.29 is 14.0 Å². The maximum Gasteiger partial charge on any atom is 0.246 e. The number of thiazole rings is 1. The molecule has 0 aliphatic carbocycles.